The third kappa shape index (κ3) is 5.61. The van der Waals surface area contributed by atoms with Crippen LogP contribution in [0, 0.1) is 0 Å². The molecule has 0 fully saturated rings. The summed E-state index contributed by atoms with van der Waals surface area (Å²) in [5.74, 6) is 0. The first-order valence-electron chi connectivity index (χ1n) is 2.43. The molecule has 0 heterocycles. The van der Waals surface area contributed by atoms with Gasteiger partial charge < -0.3 is 15.6 Å². The summed E-state index contributed by atoms with van der Waals surface area (Å²) < 4.78 is 26.1. The van der Waals surface area contributed by atoms with Gasteiger partial charge in [-0.25, -0.2) is 0 Å². The van der Waals surface area contributed by atoms with Crippen molar-refractivity contribution in [3.63, 3.8) is 0 Å². The SMILES string of the molecule is N[C@@H](CO)COC(F)F. The Bertz CT molecular complexity index is 71.6. The second-order valence-corrected chi connectivity index (χ2v) is 1.54. The first-order valence-corrected chi connectivity index (χ1v) is 2.43. The van der Waals surface area contributed by atoms with Gasteiger partial charge in [0.1, 0.15) is 0 Å². The molecule has 0 saturated heterocycles. The number of rotatable bonds is 4. The van der Waals surface area contributed by atoms with Gasteiger partial charge in [0.15, 0.2) is 0 Å². The molecule has 0 radical (unpaired) electrons. The molecule has 0 aromatic carbocycles. The number of ether oxygens (including phenoxy) is 1. The lowest BCUT2D eigenvalue weighted by molar-refractivity contribution is -0.133. The fraction of sp³-hybridized carbons (Fsp3) is 1.00. The number of aliphatic hydroxyl groups is 1. The normalized spacial score (nSPS) is 14.3. The van der Waals surface area contributed by atoms with E-state index in [9.17, 15) is 8.78 Å². The van der Waals surface area contributed by atoms with E-state index in [0.29, 0.717) is 0 Å². The van der Waals surface area contributed by atoms with Gasteiger partial charge in [-0.15, -0.1) is 0 Å². The Kier molecular flexibility index (Phi) is 4.47. The van der Waals surface area contributed by atoms with Gasteiger partial charge in [-0.05, 0) is 0 Å². The van der Waals surface area contributed by atoms with E-state index >= 15 is 0 Å². The Morgan fingerprint density at radius 3 is 2.44 bits per heavy atom. The summed E-state index contributed by atoms with van der Waals surface area (Å²) in [5.41, 5.74) is 5.01. The van der Waals surface area contributed by atoms with Gasteiger partial charge in [-0.1, -0.05) is 0 Å². The lowest BCUT2D eigenvalue weighted by Gasteiger charge is -2.06. The molecular weight excluding hydrogens is 132 g/mol. The number of halogens is 2. The van der Waals surface area contributed by atoms with Crippen molar-refractivity contribution in [3.8, 4) is 0 Å². The van der Waals surface area contributed by atoms with E-state index in [-0.39, 0.29) is 13.2 Å². The predicted octanol–water partition coefficient (Wildman–Crippen LogP) is -0.455. The predicted molar refractivity (Wildman–Crippen MR) is 27.0 cm³/mol. The van der Waals surface area contributed by atoms with Crippen LogP contribution in [-0.2, 0) is 4.74 Å². The van der Waals surface area contributed by atoms with Gasteiger partial charge >= 0.3 is 6.61 Å². The van der Waals surface area contributed by atoms with Crippen LogP contribution < -0.4 is 5.73 Å². The monoisotopic (exact) mass is 141 g/mol. The van der Waals surface area contributed by atoms with Crippen molar-refractivity contribution in [1.29, 1.82) is 0 Å². The third-order valence-electron chi connectivity index (χ3n) is 0.671. The molecular formula is C4H9F2NO2. The van der Waals surface area contributed by atoms with Crippen molar-refractivity contribution < 1.29 is 18.6 Å². The van der Waals surface area contributed by atoms with Crippen molar-refractivity contribution >= 4 is 0 Å². The first-order chi connectivity index (χ1) is 4.16. The van der Waals surface area contributed by atoms with E-state index in [4.69, 9.17) is 10.8 Å². The standard InChI is InChI=1S/C4H9F2NO2/c5-4(6)9-2-3(7)1-8/h3-4,8H,1-2,7H2/t3-/m0/s1. The highest BCUT2D eigenvalue weighted by atomic mass is 19.3. The van der Waals surface area contributed by atoms with E-state index in [1.807, 2.05) is 0 Å². The van der Waals surface area contributed by atoms with Crippen LogP contribution in [0.4, 0.5) is 8.78 Å². The fourth-order valence-electron chi connectivity index (χ4n) is 0.249. The molecule has 0 bridgehead atoms. The van der Waals surface area contributed by atoms with Crippen LogP contribution >= 0.6 is 0 Å². The van der Waals surface area contributed by atoms with Gasteiger partial charge in [0.25, 0.3) is 0 Å². The van der Waals surface area contributed by atoms with E-state index in [1.165, 1.54) is 0 Å². The summed E-state index contributed by atoms with van der Waals surface area (Å²) in [6, 6.07) is -0.709. The van der Waals surface area contributed by atoms with E-state index in [0.717, 1.165) is 0 Å². The zero-order chi connectivity index (χ0) is 7.28. The third-order valence-corrected chi connectivity index (χ3v) is 0.671. The minimum Gasteiger partial charge on any atom is -0.395 e. The molecule has 0 aromatic rings. The lowest BCUT2D eigenvalue weighted by atomic mass is 10.4. The molecule has 0 aromatic heterocycles. The Morgan fingerprint density at radius 1 is 1.56 bits per heavy atom. The summed E-state index contributed by atoms with van der Waals surface area (Å²) >= 11 is 0. The molecule has 0 rings (SSSR count). The van der Waals surface area contributed by atoms with Crippen LogP contribution in [0.3, 0.4) is 0 Å². The lowest BCUT2D eigenvalue weighted by Crippen LogP contribution is -2.30. The Balaban J connectivity index is 3.06. The van der Waals surface area contributed by atoms with Crippen molar-refractivity contribution in [2.24, 2.45) is 5.73 Å². The maximum atomic E-state index is 11.2. The number of aliphatic hydroxyl groups excluding tert-OH is 1. The molecule has 0 unspecified atom stereocenters. The van der Waals surface area contributed by atoms with Gasteiger partial charge in [-0.3, -0.25) is 0 Å². The number of nitrogens with two attached hydrogens (primary N) is 1. The topological polar surface area (TPSA) is 55.5 Å². The van der Waals surface area contributed by atoms with Crippen LogP contribution in [0.25, 0.3) is 0 Å². The average Bonchev–Trinajstić information content (AvgIpc) is 1.83. The van der Waals surface area contributed by atoms with Crippen molar-refractivity contribution in [2.45, 2.75) is 12.7 Å². The molecule has 0 aliphatic carbocycles. The molecule has 0 saturated carbocycles. The zero-order valence-corrected chi connectivity index (χ0v) is 4.76. The molecule has 9 heavy (non-hydrogen) atoms. The molecule has 5 heteroatoms. The van der Waals surface area contributed by atoms with Crippen LogP contribution in [0.5, 0.6) is 0 Å². The number of hydrogen-bond donors (Lipinski definition) is 2. The van der Waals surface area contributed by atoms with Crippen molar-refractivity contribution in [2.75, 3.05) is 13.2 Å². The highest BCUT2D eigenvalue weighted by Crippen LogP contribution is 1.94. The highest BCUT2D eigenvalue weighted by Gasteiger charge is 2.05. The summed E-state index contributed by atoms with van der Waals surface area (Å²) in [7, 11) is 0. The Labute approximate surface area is 51.4 Å². The Morgan fingerprint density at radius 2 is 2.11 bits per heavy atom. The molecule has 0 amide bonds. The highest BCUT2D eigenvalue weighted by molar-refractivity contribution is 4.54. The fourth-order valence-corrected chi connectivity index (χ4v) is 0.249. The van der Waals surface area contributed by atoms with Crippen molar-refractivity contribution in [1.82, 2.24) is 0 Å². The smallest absolute Gasteiger partial charge is 0.345 e. The minimum absolute atomic E-state index is 0.311. The van der Waals surface area contributed by atoms with Crippen LogP contribution in [0.1, 0.15) is 0 Å². The molecule has 3 nitrogen and oxygen atoms in total. The van der Waals surface area contributed by atoms with Gasteiger partial charge in [0, 0.05) is 0 Å². The van der Waals surface area contributed by atoms with E-state index in [2.05, 4.69) is 4.74 Å². The molecule has 0 aliphatic heterocycles. The quantitative estimate of drug-likeness (QED) is 0.557. The molecule has 56 valence electrons. The molecule has 3 N–H and O–H groups in total. The van der Waals surface area contributed by atoms with Crippen molar-refractivity contribution in [3.05, 3.63) is 0 Å². The molecule has 0 aliphatic rings. The summed E-state index contributed by atoms with van der Waals surface area (Å²) in [6.45, 7) is -3.46. The number of hydrogen-bond acceptors (Lipinski definition) is 3. The van der Waals surface area contributed by atoms with Gasteiger partial charge in [-0.2, -0.15) is 8.78 Å². The minimum atomic E-state index is -2.80. The van der Waals surface area contributed by atoms with Crippen LogP contribution in [-0.4, -0.2) is 31.0 Å². The summed E-state index contributed by atoms with van der Waals surface area (Å²) in [4.78, 5) is 0. The number of alkyl halides is 2. The first kappa shape index (κ1) is 8.74. The maximum Gasteiger partial charge on any atom is 0.345 e. The second kappa shape index (κ2) is 4.60. The van der Waals surface area contributed by atoms with Gasteiger partial charge in [0.05, 0.1) is 19.3 Å². The van der Waals surface area contributed by atoms with Crippen LogP contribution in [0.15, 0.2) is 0 Å². The molecule has 0 spiro atoms. The second-order valence-electron chi connectivity index (χ2n) is 1.54. The Hall–Kier alpha value is -0.260. The van der Waals surface area contributed by atoms with E-state index < -0.39 is 12.7 Å². The summed E-state index contributed by atoms with van der Waals surface area (Å²) in [6.07, 6.45) is 0. The maximum absolute atomic E-state index is 11.2. The largest absolute Gasteiger partial charge is 0.395 e. The van der Waals surface area contributed by atoms with Crippen LogP contribution in [0.2, 0.25) is 0 Å². The zero-order valence-electron chi connectivity index (χ0n) is 4.76. The molecule has 1 atom stereocenters. The summed E-state index contributed by atoms with van der Waals surface area (Å²) in [5, 5.41) is 8.20. The average molecular weight is 141 g/mol. The van der Waals surface area contributed by atoms with E-state index in [1.54, 1.807) is 0 Å². The van der Waals surface area contributed by atoms with Gasteiger partial charge in [0.2, 0.25) is 0 Å².